The van der Waals surface area contributed by atoms with Crippen molar-refractivity contribution in [2.24, 2.45) is 5.92 Å². The van der Waals surface area contributed by atoms with Crippen molar-refractivity contribution in [2.45, 2.75) is 114 Å². The number of halogens is 1. The molecular weight excluding hydrogens is 418 g/mol. The van der Waals surface area contributed by atoms with E-state index in [1.165, 1.54) is 0 Å². The maximum absolute atomic E-state index is 13.1. The van der Waals surface area contributed by atoms with Gasteiger partial charge in [0.15, 0.2) is 0 Å². The summed E-state index contributed by atoms with van der Waals surface area (Å²) in [5.41, 5.74) is -1.18. The first kappa shape index (κ1) is 27.4. The normalized spacial score (nSPS) is 17.3. The minimum atomic E-state index is -3.74. The standard InChI is InChI=1S/C24H42ClNO3S/c1-5-8-10-14-18-24(27,19-21(25)15-9-6-2)23(20(4)7-3)26-30(28,29)22-16-12-11-13-17-22/h11-13,16-17,20-21,23,26-27H,5-10,14-15,18-19H2,1-4H3/t20-,21?,23-,24?/m0/s1. The second-order valence-corrected chi connectivity index (χ2v) is 11.0. The lowest BCUT2D eigenvalue weighted by molar-refractivity contribution is -0.0271. The molecule has 0 saturated carbocycles. The Bertz CT molecular complexity index is 683. The van der Waals surface area contributed by atoms with Gasteiger partial charge in [0.2, 0.25) is 10.0 Å². The van der Waals surface area contributed by atoms with E-state index in [0.717, 1.165) is 51.4 Å². The highest BCUT2D eigenvalue weighted by Crippen LogP contribution is 2.34. The smallest absolute Gasteiger partial charge is 0.240 e. The third-order valence-electron chi connectivity index (χ3n) is 6.04. The van der Waals surface area contributed by atoms with Crippen LogP contribution < -0.4 is 4.72 Å². The van der Waals surface area contributed by atoms with E-state index >= 15 is 0 Å². The predicted molar refractivity (Wildman–Crippen MR) is 127 cm³/mol. The number of benzene rings is 1. The second kappa shape index (κ2) is 13.7. The monoisotopic (exact) mass is 459 g/mol. The zero-order valence-corrected chi connectivity index (χ0v) is 20.8. The topological polar surface area (TPSA) is 66.4 Å². The van der Waals surface area contributed by atoms with Crippen molar-refractivity contribution in [3.63, 3.8) is 0 Å². The largest absolute Gasteiger partial charge is 0.388 e. The lowest BCUT2D eigenvalue weighted by Crippen LogP contribution is -2.56. The van der Waals surface area contributed by atoms with E-state index in [0.29, 0.717) is 12.8 Å². The molecule has 2 N–H and O–H groups in total. The number of nitrogens with one attached hydrogen (secondary N) is 1. The van der Waals surface area contributed by atoms with Gasteiger partial charge in [-0.05, 0) is 37.3 Å². The Labute approximate surface area is 189 Å². The van der Waals surface area contributed by atoms with Crippen molar-refractivity contribution in [3.8, 4) is 0 Å². The molecule has 6 heteroatoms. The van der Waals surface area contributed by atoms with Crippen LogP contribution in [-0.2, 0) is 10.0 Å². The van der Waals surface area contributed by atoms with Crippen LogP contribution in [0, 0.1) is 5.92 Å². The maximum Gasteiger partial charge on any atom is 0.240 e. The van der Waals surface area contributed by atoms with Crippen LogP contribution in [0.1, 0.15) is 91.9 Å². The molecule has 2 unspecified atom stereocenters. The van der Waals surface area contributed by atoms with Gasteiger partial charge in [0.1, 0.15) is 0 Å². The fraction of sp³-hybridized carbons (Fsp3) is 0.750. The highest BCUT2D eigenvalue weighted by molar-refractivity contribution is 7.89. The van der Waals surface area contributed by atoms with Crippen LogP contribution in [0.3, 0.4) is 0 Å². The lowest BCUT2D eigenvalue weighted by Gasteiger charge is -2.41. The number of aliphatic hydroxyl groups is 1. The molecule has 4 nitrogen and oxygen atoms in total. The van der Waals surface area contributed by atoms with Gasteiger partial charge in [0.05, 0.1) is 16.5 Å². The Balaban J connectivity index is 3.17. The van der Waals surface area contributed by atoms with Crippen molar-refractivity contribution in [3.05, 3.63) is 30.3 Å². The fourth-order valence-electron chi connectivity index (χ4n) is 3.98. The number of unbranched alkanes of at least 4 members (excludes halogenated alkanes) is 4. The molecule has 1 aromatic carbocycles. The van der Waals surface area contributed by atoms with Gasteiger partial charge in [0.25, 0.3) is 0 Å². The third-order valence-corrected chi connectivity index (χ3v) is 7.87. The summed E-state index contributed by atoms with van der Waals surface area (Å²) >= 11 is 6.63. The zero-order chi connectivity index (χ0) is 22.6. The Morgan fingerprint density at radius 3 is 2.23 bits per heavy atom. The molecule has 0 spiro atoms. The molecule has 0 amide bonds. The van der Waals surface area contributed by atoms with Gasteiger partial charge >= 0.3 is 0 Å². The van der Waals surface area contributed by atoms with Crippen LogP contribution in [0.2, 0.25) is 0 Å². The predicted octanol–water partition coefficient (Wildman–Crippen LogP) is 6.27. The van der Waals surface area contributed by atoms with Crippen LogP contribution in [0.4, 0.5) is 0 Å². The molecule has 1 rings (SSSR count). The Hall–Kier alpha value is -0.620. The SMILES string of the molecule is CCCCCCC(O)(CC(Cl)CCCC)[C@@H](NS(=O)(=O)c1ccccc1)[C@@H](C)CC. The summed E-state index contributed by atoms with van der Waals surface area (Å²) in [5.74, 6) is -0.0188. The van der Waals surface area contributed by atoms with Gasteiger partial charge in [-0.1, -0.05) is 90.8 Å². The van der Waals surface area contributed by atoms with Crippen LogP contribution in [0.15, 0.2) is 35.2 Å². The van der Waals surface area contributed by atoms with Gasteiger partial charge < -0.3 is 5.11 Å². The first-order valence-electron chi connectivity index (χ1n) is 11.6. The molecule has 0 heterocycles. The molecule has 0 aliphatic carbocycles. The van der Waals surface area contributed by atoms with Crippen LogP contribution in [0.5, 0.6) is 0 Å². The van der Waals surface area contributed by atoms with E-state index in [4.69, 9.17) is 11.6 Å². The van der Waals surface area contributed by atoms with E-state index in [1.807, 2.05) is 13.8 Å². The average Bonchev–Trinajstić information content (AvgIpc) is 2.73. The van der Waals surface area contributed by atoms with Gasteiger partial charge in [-0.15, -0.1) is 11.6 Å². The number of alkyl halides is 1. The second-order valence-electron chi connectivity index (χ2n) is 8.66. The van der Waals surface area contributed by atoms with Gasteiger partial charge in [0, 0.05) is 5.38 Å². The van der Waals surface area contributed by atoms with E-state index < -0.39 is 21.7 Å². The first-order valence-corrected chi connectivity index (χ1v) is 13.6. The third kappa shape index (κ3) is 8.86. The highest BCUT2D eigenvalue weighted by atomic mass is 35.5. The summed E-state index contributed by atoms with van der Waals surface area (Å²) < 4.78 is 29.0. The fourth-order valence-corrected chi connectivity index (χ4v) is 5.84. The van der Waals surface area contributed by atoms with Crippen molar-refractivity contribution in [1.29, 1.82) is 0 Å². The van der Waals surface area contributed by atoms with Gasteiger partial charge in [-0.3, -0.25) is 0 Å². The Kier molecular flexibility index (Phi) is 12.5. The molecule has 174 valence electrons. The van der Waals surface area contributed by atoms with E-state index in [-0.39, 0.29) is 16.2 Å². The van der Waals surface area contributed by atoms with Crippen molar-refractivity contribution >= 4 is 21.6 Å². The summed E-state index contributed by atoms with van der Waals surface area (Å²) in [5, 5.41) is 11.7. The lowest BCUT2D eigenvalue weighted by atomic mass is 9.77. The molecule has 0 aromatic heterocycles. The molecule has 0 bridgehead atoms. The molecule has 0 aliphatic rings. The van der Waals surface area contributed by atoms with Crippen molar-refractivity contribution in [1.82, 2.24) is 4.72 Å². The molecule has 0 saturated heterocycles. The molecule has 0 aliphatic heterocycles. The number of hydrogen-bond donors (Lipinski definition) is 2. The molecule has 4 atom stereocenters. The summed E-state index contributed by atoms with van der Waals surface area (Å²) in [6.45, 7) is 8.31. The van der Waals surface area contributed by atoms with Crippen molar-refractivity contribution < 1.29 is 13.5 Å². The van der Waals surface area contributed by atoms with Crippen LogP contribution in [-0.4, -0.2) is 30.5 Å². The zero-order valence-electron chi connectivity index (χ0n) is 19.2. The van der Waals surface area contributed by atoms with Gasteiger partial charge in [-0.2, -0.15) is 0 Å². The molecular formula is C24H42ClNO3S. The van der Waals surface area contributed by atoms with E-state index in [1.54, 1.807) is 30.3 Å². The summed E-state index contributed by atoms with van der Waals surface area (Å²) in [7, 11) is -3.74. The van der Waals surface area contributed by atoms with Crippen LogP contribution in [0.25, 0.3) is 0 Å². The molecule has 0 fully saturated rings. The average molecular weight is 460 g/mol. The van der Waals surface area contributed by atoms with Crippen LogP contribution >= 0.6 is 11.6 Å². The van der Waals surface area contributed by atoms with E-state index in [2.05, 4.69) is 18.6 Å². The highest BCUT2D eigenvalue weighted by Gasteiger charge is 2.42. The number of sulfonamides is 1. The molecule has 30 heavy (non-hydrogen) atoms. The minimum Gasteiger partial charge on any atom is -0.388 e. The van der Waals surface area contributed by atoms with Gasteiger partial charge in [-0.25, -0.2) is 13.1 Å². The first-order chi connectivity index (χ1) is 14.2. The molecule has 0 radical (unpaired) electrons. The summed E-state index contributed by atoms with van der Waals surface area (Å²) in [4.78, 5) is 0.222. The van der Waals surface area contributed by atoms with Crippen molar-refractivity contribution in [2.75, 3.05) is 0 Å². The number of rotatable bonds is 16. The maximum atomic E-state index is 13.1. The summed E-state index contributed by atoms with van der Waals surface area (Å²) in [6, 6.07) is 7.80. The Morgan fingerprint density at radius 1 is 1.03 bits per heavy atom. The van der Waals surface area contributed by atoms with E-state index in [9.17, 15) is 13.5 Å². The molecule has 1 aromatic rings. The minimum absolute atomic E-state index is 0.0188. The number of hydrogen-bond acceptors (Lipinski definition) is 3. The Morgan fingerprint density at radius 2 is 1.67 bits per heavy atom. The summed E-state index contributed by atoms with van der Waals surface area (Å²) in [6.07, 6.45) is 8.71. The quantitative estimate of drug-likeness (QED) is 0.226.